The van der Waals surface area contributed by atoms with Crippen molar-refractivity contribution in [3.8, 4) is 11.1 Å². The molecule has 0 bridgehead atoms. The quantitative estimate of drug-likeness (QED) is 0.394. The maximum atomic E-state index is 11.0. The van der Waals surface area contributed by atoms with E-state index in [0.29, 0.717) is 11.3 Å². The minimum Gasteiger partial charge on any atom is -0.398 e. The molecule has 1 aliphatic carbocycles. The second kappa shape index (κ2) is 3.31. The lowest BCUT2D eigenvalue weighted by molar-refractivity contribution is -0.384. The number of nitro groups is 1. The van der Waals surface area contributed by atoms with E-state index in [0.717, 1.165) is 23.1 Å². The van der Waals surface area contributed by atoms with Gasteiger partial charge in [0.1, 0.15) is 0 Å². The molecule has 2 aromatic carbocycles. The summed E-state index contributed by atoms with van der Waals surface area (Å²) in [5.74, 6) is 0. The minimum absolute atomic E-state index is 0.138. The average molecular weight is 226 g/mol. The van der Waals surface area contributed by atoms with Gasteiger partial charge in [-0.05, 0) is 23.6 Å². The summed E-state index contributed by atoms with van der Waals surface area (Å²) in [7, 11) is 0. The van der Waals surface area contributed by atoms with E-state index in [1.54, 1.807) is 12.1 Å². The minimum atomic E-state index is -0.347. The van der Waals surface area contributed by atoms with Gasteiger partial charge in [-0.3, -0.25) is 10.1 Å². The highest BCUT2D eigenvalue weighted by Crippen LogP contribution is 2.44. The molecule has 0 atom stereocenters. The topological polar surface area (TPSA) is 69.2 Å². The molecule has 4 nitrogen and oxygen atoms in total. The van der Waals surface area contributed by atoms with E-state index in [-0.39, 0.29) is 10.6 Å². The molecular formula is C13H10N2O2. The largest absolute Gasteiger partial charge is 0.398 e. The molecule has 2 aromatic rings. The lowest BCUT2D eigenvalue weighted by atomic mass is 10.0. The highest BCUT2D eigenvalue weighted by atomic mass is 16.6. The second-order valence-electron chi connectivity index (χ2n) is 4.13. The Hall–Kier alpha value is -2.36. The van der Waals surface area contributed by atoms with Crippen LogP contribution in [0.25, 0.3) is 11.1 Å². The molecule has 0 amide bonds. The third-order valence-electron chi connectivity index (χ3n) is 3.14. The first-order chi connectivity index (χ1) is 8.18. The van der Waals surface area contributed by atoms with Gasteiger partial charge in [0.2, 0.25) is 0 Å². The van der Waals surface area contributed by atoms with Gasteiger partial charge in [-0.1, -0.05) is 24.3 Å². The average Bonchev–Trinajstić information content (AvgIpc) is 2.67. The zero-order valence-electron chi connectivity index (χ0n) is 9.01. The molecule has 0 aromatic heterocycles. The Morgan fingerprint density at radius 1 is 1.06 bits per heavy atom. The molecule has 0 heterocycles. The summed E-state index contributed by atoms with van der Waals surface area (Å²) in [4.78, 5) is 10.7. The number of nitro benzene ring substituents is 1. The molecule has 4 heteroatoms. The predicted molar refractivity (Wildman–Crippen MR) is 65.8 cm³/mol. The number of rotatable bonds is 1. The van der Waals surface area contributed by atoms with Crippen molar-refractivity contribution >= 4 is 11.4 Å². The van der Waals surface area contributed by atoms with Crippen molar-refractivity contribution in [2.24, 2.45) is 0 Å². The molecule has 0 spiro atoms. The number of nitrogens with two attached hydrogens (primary N) is 1. The van der Waals surface area contributed by atoms with Crippen LogP contribution >= 0.6 is 0 Å². The van der Waals surface area contributed by atoms with Crippen molar-refractivity contribution in [1.29, 1.82) is 0 Å². The second-order valence-corrected chi connectivity index (χ2v) is 4.13. The first-order valence-electron chi connectivity index (χ1n) is 5.32. The number of nitrogen functional groups attached to an aromatic ring is 1. The lowest BCUT2D eigenvalue weighted by Gasteiger charge is -2.05. The van der Waals surface area contributed by atoms with Crippen molar-refractivity contribution in [2.75, 3.05) is 5.73 Å². The summed E-state index contributed by atoms with van der Waals surface area (Å²) in [5.41, 5.74) is 10.2. The van der Waals surface area contributed by atoms with Crippen LogP contribution in [0.2, 0.25) is 0 Å². The first kappa shape index (κ1) is 9.84. The molecule has 0 radical (unpaired) electrons. The van der Waals surface area contributed by atoms with Crippen LogP contribution in [0.3, 0.4) is 0 Å². The molecule has 0 fully saturated rings. The van der Waals surface area contributed by atoms with Gasteiger partial charge >= 0.3 is 0 Å². The van der Waals surface area contributed by atoms with Crippen LogP contribution < -0.4 is 5.73 Å². The maximum absolute atomic E-state index is 11.0. The Kier molecular flexibility index (Phi) is 1.92. The van der Waals surface area contributed by atoms with E-state index < -0.39 is 0 Å². The van der Waals surface area contributed by atoms with E-state index in [4.69, 9.17) is 5.73 Å². The Labute approximate surface area is 97.8 Å². The van der Waals surface area contributed by atoms with Crippen LogP contribution in [-0.2, 0) is 6.42 Å². The van der Waals surface area contributed by atoms with Crippen molar-refractivity contribution in [3.63, 3.8) is 0 Å². The molecule has 2 N–H and O–H groups in total. The van der Waals surface area contributed by atoms with E-state index in [1.807, 2.05) is 18.2 Å². The van der Waals surface area contributed by atoms with E-state index in [9.17, 15) is 10.1 Å². The highest BCUT2D eigenvalue weighted by Gasteiger charge is 2.27. The summed E-state index contributed by atoms with van der Waals surface area (Å²) < 4.78 is 0. The molecular weight excluding hydrogens is 216 g/mol. The Balaban J connectivity index is 2.37. The number of nitrogens with zero attached hydrogens (tertiary/aromatic N) is 1. The monoisotopic (exact) mass is 226 g/mol. The van der Waals surface area contributed by atoms with Crippen molar-refractivity contribution in [1.82, 2.24) is 0 Å². The maximum Gasteiger partial charge on any atom is 0.277 e. The van der Waals surface area contributed by atoms with Crippen molar-refractivity contribution in [3.05, 3.63) is 57.6 Å². The van der Waals surface area contributed by atoms with E-state index >= 15 is 0 Å². The van der Waals surface area contributed by atoms with Crippen LogP contribution in [0, 0.1) is 10.1 Å². The fourth-order valence-electron chi connectivity index (χ4n) is 2.45. The summed E-state index contributed by atoms with van der Waals surface area (Å²) in [6, 6.07) is 10.8. The van der Waals surface area contributed by atoms with Crippen LogP contribution in [0.4, 0.5) is 11.4 Å². The van der Waals surface area contributed by atoms with Gasteiger partial charge in [-0.25, -0.2) is 0 Å². The predicted octanol–water partition coefficient (Wildman–Crippen LogP) is 2.75. The van der Waals surface area contributed by atoms with Gasteiger partial charge in [0, 0.05) is 17.3 Å². The molecule has 0 aliphatic heterocycles. The molecule has 0 unspecified atom stereocenters. The first-order valence-corrected chi connectivity index (χ1v) is 5.32. The molecule has 1 aliphatic rings. The Morgan fingerprint density at radius 3 is 2.41 bits per heavy atom. The standard InChI is InChI=1S/C13H10N2O2/c14-10-5-1-3-8-7-9-4-2-6-11(15(16)17)13(9)12(8)10/h1-6H,7,14H2. The van der Waals surface area contributed by atoms with Crippen LogP contribution in [-0.4, -0.2) is 4.92 Å². The normalized spacial score (nSPS) is 12.0. The van der Waals surface area contributed by atoms with Gasteiger partial charge in [0.25, 0.3) is 5.69 Å². The third-order valence-corrected chi connectivity index (χ3v) is 3.14. The van der Waals surface area contributed by atoms with Gasteiger partial charge in [0.05, 0.1) is 10.5 Å². The Morgan fingerprint density at radius 2 is 1.71 bits per heavy atom. The molecule has 17 heavy (non-hydrogen) atoms. The summed E-state index contributed by atoms with van der Waals surface area (Å²) >= 11 is 0. The highest BCUT2D eigenvalue weighted by molar-refractivity contribution is 5.90. The number of anilines is 1. The number of fused-ring (bicyclic) bond motifs is 3. The Bertz CT molecular complexity index is 635. The summed E-state index contributed by atoms with van der Waals surface area (Å²) in [6.45, 7) is 0. The number of hydrogen-bond donors (Lipinski definition) is 1. The molecule has 84 valence electrons. The molecule has 0 saturated heterocycles. The zero-order chi connectivity index (χ0) is 12.0. The van der Waals surface area contributed by atoms with Gasteiger partial charge in [-0.2, -0.15) is 0 Å². The van der Waals surface area contributed by atoms with Gasteiger partial charge in [0.15, 0.2) is 0 Å². The fourth-order valence-corrected chi connectivity index (χ4v) is 2.45. The van der Waals surface area contributed by atoms with Gasteiger partial charge < -0.3 is 5.73 Å². The number of benzene rings is 2. The van der Waals surface area contributed by atoms with Crippen molar-refractivity contribution < 1.29 is 4.92 Å². The third kappa shape index (κ3) is 1.30. The summed E-state index contributed by atoms with van der Waals surface area (Å²) in [5, 5.41) is 11.0. The smallest absolute Gasteiger partial charge is 0.277 e. The van der Waals surface area contributed by atoms with Gasteiger partial charge in [-0.15, -0.1) is 0 Å². The fraction of sp³-hybridized carbons (Fsp3) is 0.0769. The van der Waals surface area contributed by atoms with E-state index in [2.05, 4.69) is 0 Å². The zero-order valence-corrected chi connectivity index (χ0v) is 9.01. The SMILES string of the molecule is Nc1cccc2c1-c1c(cccc1[N+](=O)[O-])C2. The van der Waals surface area contributed by atoms with Crippen LogP contribution in [0.5, 0.6) is 0 Å². The van der Waals surface area contributed by atoms with Crippen LogP contribution in [0.1, 0.15) is 11.1 Å². The van der Waals surface area contributed by atoms with Crippen molar-refractivity contribution in [2.45, 2.75) is 6.42 Å². The molecule has 0 saturated carbocycles. The van der Waals surface area contributed by atoms with Crippen LogP contribution in [0.15, 0.2) is 36.4 Å². The lowest BCUT2D eigenvalue weighted by Crippen LogP contribution is -1.94. The number of hydrogen-bond acceptors (Lipinski definition) is 3. The molecule has 3 rings (SSSR count). The van der Waals surface area contributed by atoms with E-state index in [1.165, 1.54) is 6.07 Å². The summed E-state index contributed by atoms with van der Waals surface area (Å²) in [6.07, 6.45) is 0.720.